The molecule has 0 amide bonds. The van der Waals surface area contributed by atoms with E-state index in [2.05, 4.69) is 53.7 Å². The maximum Gasteiger partial charge on any atom is 0.326 e. The first-order valence-electron chi connectivity index (χ1n) is 9.72. The lowest BCUT2D eigenvalue weighted by molar-refractivity contribution is 0.454. The van der Waals surface area contributed by atoms with E-state index in [0.29, 0.717) is 29.0 Å². The van der Waals surface area contributed by atoms with Gasteiger partial charge in [0.05, 0.1) is 18.8 Å². The Hall–Kier alpha value is -3.47. The Morgan fingerprint density at radius 1 is 1.40 bits per heavy atom. The molecule has 4 N–H and O–H groups in total. The summed E-state index contributed by atoms with van der Waals surface area (Å²) in [6.07, 6.45) is 6.31. The average Bonchev–Trinajstić information content (AvgIpc) is 3.13. The van der Waals surface area contributed by atoms with Crippen molar-refractivity contribution < 1.29 is 5.11 Å². The van der Waals surface area contributed by atoms with Crippen molar-refractivity contribution in [3.8, 4) is 5.88 Å². The van der Waals surface area contributed by atoms with Gasteiger partial charge in [-0.3, -0.25) is 4.98 Å². The Labute approximate surface area is 174 Å². The number of hydrogen-bond acceptors (Lipinski definition) is 8. The highest BCUT2D eigenvalue weighted by Crippen LogP contribution is 2.22. The van der Waals surface area contributed by atoms with E-state index in [9.17, 15) is 9.90 Å². The highest BCUT2D eigenvalue weighted by Gasteiger charge is 2.21. The van der Waals surface area contributed by atoms with Gasteiger partial charge >= 0.3 is 5.69 Å². The quantitative estimate of drug-likeness (QED) is 0.360. The second-order valence-corrected chi connectivity index (χ2v) is 8.15. The van der Waals surface area contributed by atoms with Gasteiger partial charge in [-0.1, -0.05) is 6.92 Å². The van der Waals surface area contributed by atoms with Gasteiger partial charge in [0.15, 0.2) is 5.65 Å². The number of H-pyrrole nitrogens is 2. The molecule has 4 heterocycles. The molecule has 4 aromatic rings. The number of imidazole rings is 1. The number of nitrogens with one attached hydrogen (secondary N) is 3. The molecule has 0 saturated heterocycles. The van der Waals surface area contributed by atoms with Crippen molar-refractivity contribution in [1.82, 2.24) is 29.5 Å². The van der Waals surface area contributed by atoms with Crippen LogP contribution in [0.3, 0.4) is 0 Å². The Morgan fingerprint density at radius 2 is 2.27 bits per heavy atom. The molecule has 0 unspecified atom stereocenters. The third kappa shape index (κ3) is 3.71. The fourth-order valence-electron chi connectivity index (χ4n) is 3.03. The first-order chi connectivity index (χ1) is 14.6. The second kappa shape index (κ2) is 7.41. The van der Waals surface area contributed by atoms with Crippen molar-refractivity contribution in [1.29, 1.82) is 0 Å². The van der Waals surface area contributed by atoms with Crippen LogP contribution in [-0.4, -0.2) is 40.7 Å². The van der Waals surface area contributed by atoms with Gasteiger partial charge in [-0.25, -0.2) is 9.79 Å². The zero-order chi connectivity index (χ0) is 20.7. The minimum Gasteiger partial charge on any atom is -0.493 e. The molecule has 11 heteroatoms. The standard InChI is InChI=1S/C19H20N8O2S/c1-2-10-5-13(30-9-10)8-20-17-24-15-11(6-14-16(28)25-19(29)23-14)7-21-27(15)18(26-17)22-12-3-4-12/h5-7,9,12,28H,2-4,8H2,1H3,(H,20,22,26)(H2,23,25,29). The zero-order valence-corrected chi connectivity index (χ0v) is 17.0. The van der Waals surface area contributed by atoms with Crippen LogP contribution in [0.25, 0.3) is 11.7 Å². The highest BCUT2D eigenvalue weighted by molar-refractivity contribution is 7.10. The van der Waals surface area contributed by atoms with Gasteiger partial charge in [-0.05, 0) is 42.3 Å². The van der Waals surface area contributed by atoms with Gasteiger partial charge in [0.2, 0.25) is 11.8 Å². The van der Waals surface area contributed by atoms with Crippen LogP contribution in [0.1, 0.15) is 35.9 Å². The number of fused-ring (bicyclic) bond motifs is 1. The summed E-state index contributed by atoms with van der Waals surface area (Å²) in [5.74, 6) is 0.217. The van der Waals surface area contributed by atoms with E-state index in [4.69, 9.17) is 0 Å². The normalized spacial score (nSPS) is 15.4. The molecule has 1 saturated carbocycles. The lowest BCUT2D eigenvalue weighted by atomic mass is 10.2. The molecule has 5 rings (SSSR count). The summed E-state index contributed by atoms with van der Waals surface area (Å²) in [7, 11) is 0. The molecule has 1 fully saturated rings. The van der Waals surface area contributed by atoms with E-state index >= 15 is 0 Å². The van der Waals surface area contributed by atoms with E-state index in [0.717, 1.165) is 19.3 Å². The third-order valence-electron chi connectivity index (χ3n) is 4.80. The fraction of sp³-hybridized carbons (Fsp3) is 0.316. The lowest BCUT2D eigenvalue weighted by Gasteiger charge is -2.04. The Morgan fingerprint density at radius 3 is 2.97 bits per heavy atom. The molecule has 154 valence electrons. The number of aromatic nitrogens is 6. The largest absolute Gasteiger partial charge is 0.493 e. The van der Waals surface area contributed by atoms with Gasteiger partial charge in [-0.2, -0.15) is 19.6 Å². The minimum absolute atomic E-state index is 0.237. The molecule has 1 aliphatic rings. The van der Waals surface area contributed by atoms with Crippen LogP contribution in [0.15, 0.2) is 27.4 Å². The van der Waals surface area contributed by atoms with E-state index < -0.39 is 5.69 Å². The summed E-state index contributed by atoms with van der Waals surface area (Å²) in [5, 5.41) is 20.3. The van der Waals surface area contributed by atoms with Crippen LogP contribution in [0.4, 0.5) is 5.95 Å². The lowest BCUT2D eigenvalue weighted by Crippen LogP contribution is -2.24. The number of aryl methyl sites for hydroxylation is 1. The molecule has 4 aromatic heterocycles. The smallest absolute Gasteiger partial charge is 0.326 e. The molecule has 10 nitrogen and oxygen atoms in total. The summed E-state index contributed by atoms with van der Waals surface area (Å²) in [6, 6.07) is 2.44. The van der Waals surface area contributed by atoms with Crippen LogP contribution in [0, 0.1) is 0 Å². The van der Waals surface area contributed by atoms with Gasteiger partial charge in [0.25, 0.3) is 5.62 Å². The van der Waals surface area contributed by atoms with Crippen molar-refractivity contribution in [2.24, 2.45) is 4.99 Å². The predicted octanol–water partition coefficient (Wildman–Crippen LogP) is 0.693. The molecule has 1 aliphatic carbocycles. The van der Waals surface area contributed by atoms with Crippen LogP contribution >= 0.6 is 11.3 Å². The third-order valence-corrected chi connectivity index (χ3v) is 5.78. The SMILES string of the molecule is CCc1csc(CNc2nc(=NC3CC3)n3ncc(=Cc4[nH]c(=O)[nH]c4O)c3n2)c1. The van der Waals surface area contributed by atoms with Crippen molar-refractivity contribution in [2.45, 2.75) is 38.8 Å². The van der Waals surface area contributed by atoms with Crippen molar-refractivity contribution in [3.63, 3.8) is 0 Å². The molecule has 0 aliphatic heterocycles. The maximum atomic E-state index is 11.4. The number of aromatic hydroxyl groups is 1. The second-order valence-electron chi connectivity index (χ2n) is 7.16. The number of nitrogens with zero attached hydrogens (tertiary/aromatic N) is 5. The fourth-order valence-corrected chi connectivity index (χ4v) is 3.94. The molecule has 0 bridgehead atoms. The molecular weight excluding hydrogens is 404 g/mol. The van der Waals surface area contributed by atoms with E-state index in [1.54, 1.807) is 28.1 Å². The van der Waals surface area contributed by atoms with Crippen LogP contribution < -0.4 is 21.8 Å². The minimum atomic E-state index is -0.487. The molecular formula is C19H20N8O2S. The molecule has 0 spiro atoms. The van der Waals surface area contributed by atoms with Gasteiger partial charge in [0.1, 0.15) is 5.69 Å². The summed E-state index contributed by atoms with van der Waals surface area (Å²) >= 11 is 1.70. The number of hydrogen-bond donors (Lipinski definition) is 4. The number of aromatic amines is 2. The molecule has 30 heavy (non-hydrogen) atoms. The van der Waals surface area contributed by atoms with Crippen molar-refractivity contribution >= 4 is 29.0 Å². The number of thiophene rings is 1. The molecule has 0 aromatic carbocycles. The van der Waals surface area contributed by atoms with E-state index in [-0.39, 0.29) is 17.6 Å². The van der Waals surface area contributed by atoms with Gasteiger partial charge in [-0.15, -0.1) is 11.3 Å². The Kier molecular flexibility index (Phi) is 4.58. The van der Waals surface area contributed by atoms with Gasteiger partial charge < -0.3 is 15.4 Å². The van der Waals surface area contributed by atoms with E-state index in [1.165, 1.54) is 10.4 Å². The topological polar surface area (TPSA) is 136 Å². The number of rotatable bonds is 6. The Bertz CT molecular complexity index is 1390. The highest BCUT2D eigenvalue weighted by atomic mass is 32.1. The summed E-state index contributed by atoms with van der Waals surface area (Å²) in [6.45, 7) is 2.75. The maximum absolute atomic E-state index is 11.4. The van der Waals surface area contributed by atoms with Crippen LogP contribution in [0.5, 0.6) is 5.88 Å². The average molecular weight is 424 g/mol. The molecule has 0 atom stereocenters. The van der Waals surface area contributed by atoms with E-state index in [1.807, 2.05) is 0 Å². The monoisotopic (exact) mass is 424 g/mol. The summed E-state index contributed by atoms with van der Waals surface area (Å²) < 4.78 is 1.58. The molecule has 0 radical (unpaired) electrons. The van der Waals surface area contributed by atoms with Crippen molar-refractivity contribution in [3.05, 3.63) is 55.1 Å². The van der Waals surface area contributed by atoms with Gasteiger partial charge in [0, 0.05) is 10.1 Å². The first-order valence-corrected chi connectivity index (χ1v) is 10.6. The van der Waals surface area contributed by atoms with Crippen LogP contribution in [0.2, 0.25) is 0 Å². The van der Waals surface area contributed by atoms with Crippen LogP contribution in [-0.2, 0) is 13.0 Å². The Balaban J connectivity index is 1.57. The predicted molar refractivity (Wildman–Crippen MR) is 112 cm³/mol. The summed E-state index contributed by atoms with van der Waals surface area (Å²) in [4.78, 5) is 31.3. The van der Waals surface area contributed by atoms with Crippen molar-refractivity contribution in [2.75, 3.05) is 5.32 Å². The number of anilines is 1. The summed E-state index contributed by atoms with van der Waals surface area (Å²) in [5.41, 5.74) is 2.10. The zero-order valence-electron chi connectivity index (χ0n) is 16.2. The first kappa shape index (κ1) is 18.6.